The van der Waals surface area contributed by atoms with E-state index in [9.17, 15) is 0 Å². The molecule has 0 amide bonds. The van der Waals surface area contributed by atoms with E-state index in [0.29, 0.717) is 0 Å². The van der Waals surface area contributed by atoms with Gasteiger partial charge in [0, 0.05) is 32.6 Å². The number of nitrogens with zero attached hydrogens (tertiary/aromatic N) is 1. The van der Waals surface area contributed by atoms with Crippen LogP contribution >= 0.6 is 0 Å². The summed E-state index contributed by atoms with van der Waals surface area (Å²) in [5, 5.41) is 7.01. The molecule has 8 aromatic carbocycles. The average molecular weight is 612 g/mol. The summed E-state index contributed by atoms with van der Waals surface area (Å²) in [7, 11) is 0. The average Bonchev–Trinajstić information content (AvgIpc) is 3.69. The Bertz CT molecular complexity index is 2750. The second kappa shape index (κ2) is 10.6. The summed E-state index contributed by atoms with van der Waals surface area (Å²) in [6.45, 7) is 0. The summed E-state index contributed by atoms with van der Waals surface area (Å²) in [5.41, 5.74) is 12.6. The molecule has 0 N–H and O–H groups in total. The van der Waals surface area contributed by atoms with Gasteiger partial charge in [-0.1, -0.05) is 121 Å². The normalized spacial score (nSPS) is 11.8. The van der Waals surface area contributed by atoms with Gasteiger partial charge in [0.1, 0.15) is 11.2 Å². The Kier molecular flexibility index (Phi) is 5.91. The lowest BCUT2D eigenvalue weighted by Crippen LogP contribution is -1.94. The standard InChI is InChI=1S/C46H29NO/c1-3-11-30(12-4-1)34-25-35(31-13-5-2-6-14-31)27-36(26-34)32-19-22-37(23-20-32)47-43-18-10-9-17-39(43)41-29-45-42(28-44(41)47)40-24-21-33-15-7-8-16-38(33)46(40)48-45/h1-29H. The molecule has 0 saturated carbocycles. The smallest absolute Gasteiger partial charge is 0.143 e. The molecule has 0 aliphatic carbocycles. The lowest BCUT2D eigenvalue weighted by atomic mass is 9.93. The predicted octanol–water partition coefficient (Wildman–Crippen LogP) is 12.8. The maximum atomic E-state index is 6.58. The highest BCUT2D eigenvalue weighted by atomic mass is 16.3. The van der Waals surface area contributed by atoms with Gasteiger partial charge in [-0.2, -0.15) is 0 Å². The van der Waals surface area contributed by atoms with E-state index in [-0.39, 0.29) is 0 Å². The van der Waals surface area contributed by atoms with Crippen LogP contribution in [0.1, 0.15) is 0 Å². The van der Waals surface area contributed by atoms with Crippen molar-refractivity contribution in [3.8, 4) is 39.1 Å². The molecule has 2 nitrogen and oxygen atoms in total. The van der Waals surface area contributed by atoms with Gasteiger partial charge in [0.25, 0.3) is 0 Å². The van der Waals surface area contributed by atoms with E-state index in [1.54, 1.807) is 0 Å². The van der Waals surface area contributed by atoms with Crippen molar-refractivity contribution in [2.45, 2.75) is 0 Å². The van der Waals surface area contributed by atoms with E-state index in [2.05, 4.69) is 180 Å². The van der Waals surface area contributed by atoms with E-state index in [1.165, 1.54) is 60.6 Å². The van der Waals surface area contributed by atoms with Gasteiger partial charge < -0.3 is 8.98 Å². The second-order valence-electron chi connectivity index (χ2n) is 12.6. The largest absolute Gasteiger partial charge is 0.455 e. The number of hydrogen-bond donors (Lipinski definition) is 0. The van der Waals surface area contributed by atoms with Crippen molar-refractivity contribution in [3.05, 3.63) is 176 Å². The van der Waals surface area contributed by atoms with E-state index >= 15 is 0 Å². The molecule has 48 heavy (non-hydrogen) atoms. The predicted molar refractivity (Wildman–Crippen MR) is 202 cm³/mol. The first-order chi connectivity index (χ1) is 23.8. The molecule has 0 fully saturated rings. The van der Waals surface area contributed by atoms with Gasteiger partial charge in [-0.05, 0) is 93.4 Å². The van der Waals surface area contributed by atoms with Crippen molar-refractivity contribution < 1.29 is 4.42 Å². The molecule has 10 rings (SSSR count). The first-order valence-electron chi connectivity index (χ1n) is 16.4. The van der Waals surface area contributed by atoms with Gasteiger partial charge in [0.2, 0.25) is 0 Å². The van der Waals surface area contributed by atoms with Crippen LogP contribution in [0.15, 0.2) is 180 Å². The number of benzene rings is 8. The van der Waals surface area contributed by atoms with Crippen LogP contribution in [0.4, 0.5) is 0 Å². The van der Waals surface area contributed by atoms with Gasteiger partial charge >= 0.3 is 0 Å². The zero-order valence-electron chi connectivity index (χ0n) is 26.1. The molecule has 10 aromatic rings. The van der Waals surface area contributed by atoms with Crippen molar-refractivity contribution in [2.75, 3.05) is 0 Å². The number of furan rings is 1. The summed E-state index contributed by atoms with van der Waals surface area (Å²) in [5.74, 6) is 0. The molecule has 0 saturated heterocycles. The van der Waals surface area contributed by atoms with E-state index in [1.807, 2.05) is 0 Å². The molecule has 0 bridgehead atoms. The SMILES string of the molecule is c1ccc(-c2cc(-c3ccccc3)cc(-c3ccc(-n4c5ccccc5c5cc6oc7c8ccccc8ccc7c6cc54)cc3)c2)cc1. The molecule has 0 radical (unpaired) electrons. The summed E-state index contributed by atoms with van der Waals surface area (Å²) in [6.07, 6.45) is 0. The summed E-state index contributed by atoms with van der Waals surface area (Å²) < 4.78 is 8.97. The van der Waals surface area contributed by atoms with Crippen LogP contribution in [0.5, 0.6) is 0 Å². The number of rotatable bonds is 4. The van der Waals surface area contributed by atoms with Crippen molar-refractivity contribution >= 4 is 54.5 Å². The molecule has 2 heteroatoms. The number of para-hydroxylation sites is 1. The molecule has 0 spiro atoms. The summed E-state index contributed by atoms with van der Waals surface area (Å²) in [6, 6.07) is 63.3. The molecule has 224 valence electrons. The fraction of sp³-hybridized carbons (Fsp3) is 0. The topological polar surface area (TPSA) is 18.1 Å². The summed E-state index contributed by atoms with van der Waals surface area (Å²) in [4.78, 5) is 0. The van der Waals surface area contributed by atoms with Gasteiger partial charge in [0.15, 0.2) is 0 Å². The van der Waals surface area contributed by atoms with Gasteiger partial charge in [-0.25, -0.2) is 0 Å². The molecule has 0 unspecified atom stereocenters. The lowest BCUT2D eigenvalue weighted by molar-refractivity contribution is 0.673. The fourth-order valence-electron chi connectivity index (χ4n) is 7.44. The highest BCUT2D eigenvalue weighted by Crippen LogP contribution is 2.40. The van der Waals surface area contributed by atoms with Crippen LogP contribution in [0.3, 0.4) is 0 Å². The number of aromatic nitrogens is 1. The van der Waals surface area contributed by atoms with Crippen molar-refractivity contribution in [3.63, 3.8) is 0 Å². The molecule has 2 heterocycles. The van der Waals surface area contributed by atoms with Crippen molar-refractivity contribution in [1.82, 2.24) is 4.57 Å². The Morgan fingerprint density at radius 1 is 0.333 bits per heavy atom. The maximum Gasteiger partial charge on any atom is 0.143 e. The Morgan fingerprint density at radius 2 is 0.917 bits per heavy atom. The minimum atomic E-state index is 0.916. The molecule has 0 atom stereocenters. The van der Waals surface area contributed by atoms with E-state index < -0.39 is 0 Å². The van der Waals surface area contributed by atoms with Crippen LogP contribution in [0, 0.1) is 0 Å². The van der Waals surface area contributed by atoms with Crippen LogP contribution in [-0.4, -0.2) is 4.57 Å². The molecule has 0 aliphatic heterocycles. The zero-order chi connectivity index (χ0) is 31.6. The first kappa shape index (κ1) is 26.8. The Labute approximate surface area is 277 Å². The van der Waals surface area contributed by atoms with Crippen molar-refractivity contribution in [1.29, 1.82) is 0 Å². The van der Waals surface area contributed by atoms with Crippen LogP contribution < -0.4 is 0 Å². The number of fused-ring (bicyclic) bond motifs is 8. The van der Waals surface area contributed by atoms with E-state index in [4.69, 9.17) is 4.42 Å². The Balaban J connectivity index is 1.15. The minimum absolute atomic E-state index is 0.916. The monoisotopic (exact) mass is 611 g/mol. The quantitative estimate of drug-likeness (QED) is 0.194. The van der Waals surface area contributed by atoms with E-state index in [0.717, 1.165) is 33.0 Å². The molecular weight excluding hydrogens is 583 g/mol. The van der Waals surface area contributed by atoms with Crippen LogP contribution in [0.2, 0.25) is 0 Å². The third kappa shape index (κ3) is 4.20. The first-order valence-corrected chi connectivity index (χ1v) is 16.4. The molecular formula is C46H29NO. The third-order valence-electron chi connectivity index (χ3n) is 9.76. The van der Waals surface area contributed by atoms with Crippen molar-refractivity contribution in [2.24, 2.45) is 0 Å². The lowest BCUT2D eigenvalue weighted by Gasteiger charge is -2.13. The third-order valence-corrected chi connectivity index (χ3v) is 9.76. The molecule has 2 aromatic heterocycles. The zero-order valence-corrected chi connectivity index (χ0v) is 26.1. The van der Waals surface area contributed by atoms with Gasteiger partial charge in [0.05, 0.1) is 11.0 Å². The Hall–Kier alpha value is -6.38. The maximum absolute atomic E-state index is 6.58. The van der Waals surface area contributed by atoms with Crippen LogP contribution in [-0.2, 0) is 0 Å². The minimum Gasteiger partial charge on any atom is -0.455 e. The molecule has 0 aliphatic rings. The highest BCUT2D eigenvalue weighted by molar-refractivity contribution is 6.20. The van der Waals surface area contributed by atoms with Gasteiger partial charge in [-0.3, -0.25) is 0 Å². The Morgan fingerprint density at radius 3 is 1.60 bits per heavy atom. The van der Waals surface area contributed by atoms with Gasteiger partial charge in [-0.15, -0.1) is 0 Å². The highest BCUT2D eigenvalue weighted by Gasteiger charge is 2.17. The second-order valence-corrected chi connectivity index (χ2v) is 12.6. The summed E-state index contributed by atoms with van der Waals surface area (Å²) >= 11 is 0. The number of hydrogen-bond acceptors (Lipinski definition) is 1. The fourth-order valence-corrected chi connectivity index (χ4v) is 7.44. The van der Waals surface area contributed by atoms with Crippen LogP contribution in [0.25, 0.3) is 93.6 Å².